The first-order valence-electron chi connectivity index (χ1n) is 6.48. The molecule has 1 fully saturated rings. The van der Waals surface area contributed by atoms with E-state index in [4.69, 9.17) is 4.74 Å². The fourth-order valence-corrected chi connectivity index (χ4v) is 2.72. The van der Waals surface area contributed by atoms with Crippen LogP contribution in [0.1, 0.15) is 39.9 Å². The third-order valence-electron chi connectivity index (χ3n) is 3.89. The molecule has 1 N–H and O–H groups in total. The first-order valence-corrected chi connectivity index (χ1v) is 6.48. The summed E-state index contributed by atoms with van der Waals surface area (Å²) in [5.41, 5.74) is 3.98. The van der Waals surface area contributed by atoms with Gasteiger partial charge in [-0.25, -0.2) is 0 Å². The third-order valence-corrected chi connectivity index (χ3v) is 3.89. The Labute approximate surface area is 109 Å². The van der Waals surface area contributed by atoms with Crippen LogP contribution in [-0.4, -0.2) is 25.5 Å². The zero-order valence-corrected chi connectivity index (χ0v) is 11.6. The summed E-state index contributed by atoms with van der Waals surface area (Å²) in [6.45, 7) is 6.94. The second-order valence-electron chi connectivity index (χ2n) is 5.03. The lowest BCUT2D eigenvalue weighted by Gasteiger charge is -2.17. The maximum Gasteiger partial charge on any atom is 0.180 e. The molecule has 0 spiro atoms. The Morgan fingerprint density at radius 2 is 2.06 bits per heavy atom. The van der Waals surface area contributed by atoms with Gasteiger partial charge >= 0.3 is 0 Å². The highest BCUT2D eigenvalue weighted by Gasteiger charge is 2.26. The molecule has 1 atom stereocenters. The molecule has 1 saturated heterocycles. The van der Waals surface area contributed by atoms with Gasteiger partial charge < -0.3 is 10.1 Å². The van der Waals surface area contributed by atoms with Crippen molar-refractivity contribution in [3.63, 3.8) is 0 Å². The van der Waals surface area contributed by atoms with Crippen LogP contribution in [0.25, 0.3) is 0 Å². The molecule has 0 bridgehead atoms. The van der Waals surface area contributed by atoms with E-state index in [1.165, 1.54) is 0 Å². The predicted molar refractivity (Wildman–Crippen MR) is 72.6 cm³/mol. The summed E-state index contributed by atoms with van der Waals surface area (Å²) >= 11 is 0. The molecule has 0 aliphatic carbocycles. The SMILES string of the molecule is COc1cc(C)c(C(=O)C2CCCN2)c(C)c1C. The highest BCUT2D eigenvalue weighted by Crippen LogP contribution is 2.29. The van der Waals surface area contributed by atoms with Crippen LogP contribution < -0.4 is 10.1 Å². The van der Waals surface area contributed by atoms with Gasteiger partial charge in [-0.3, -0.25) is 4.79 Å². The normalized spacial score (nSPS) is 19.0. The average Bonchev–Trinajstić information content (AvgIpc) is 2.87. The molecule has 0 radical (unpaired) electrons. The Bertz CT molecular complexity index is 474. The van der Waals surface area contributed by atoms with Crippen LogP contribution >= 0.6 is 0 Å². The lowest BCUT2D eigenvalue weighted by molar-refractivity contribution is 0.0951. The van der Waals surface area contributed by atoms with Crippen molar-refractivity contribution in [1.82, 2.24) is 5.32 Å². The molecule has 18 heavy (non-hydrogen) atoms. The highest BCUT2D eigenvalue weighted by molar-refractivity contribution is 6.03. The lowest BCUT2D eigenvalue weighted by atomic mass is 9.91. The van der Waals surface area contributed by atoms with Crippen LogP contribution in [0.15, 0.2) is 6.07 Å². The van der Waals surface area contributed by atoms with E-state index >= 15 is 0 Å². The smallest absolute Gasteiger partial charge is 0.180 e. The molecule has 1 aliphatic rings. The fourth-order valence-electron chi connectivity index (χ4n) is 2.72. The van der Waals surface area contributed by atoms with Gasteiger partial charge in [0.2, 0.25) is 0 Å². The summed E-state index contributed by atoms with van der Waals surface area (Å²) in [5.74, 6) is 1.09. The highest BCUT2D eigenvalue weighted by atomic mass is 16.5. The van der Waals surface area contributed by atoms with Crippen molar-refractivity contribution < 1.29 is 9.53 Å². The quantitative estimate of drug-likeness (QED) is 0.834. The molecular weight excluding hydrogens is 226 g/mol. The van der Waals surface area contributed by atoms with Gasteiger partial charge in [-0.2, -0.15) is 0 Å². The van der Waals surface area contributed by atoms with Gasteiger partial charge in [0.05, 0.1) is 13.2 Å². The van der Waals surface area contributed by atoms with Gasteiger partial charge in [0.1, 0.15) is 5.75 Å². The molecule has 1 unspecified atom stereocenters. The predicted octanol–water partition coefficient (Wildman–Crippen LogP) is 2.56. The Morgan fingerprint density at radius 1 is 1.33 bits per heavy atom. The van der Waals surface area contributed by atoms with E-state index in [9.17, 15) is 4.79 Å². The molecule has 1 aromatic carbocycles. The molecule has 0 aromatic heterocycles. The van der Waals surface area contributed by atoms with Gasteiger partial charge in [-0.1, -0.05) is 0 Å². The summed E-state index contributed by atoms with van der Waals surface area (Å²) in [6.07, 6.45) is 2.03. The number of benzene rings is 1. The molecule has 2 rings (SSSR count). The number of ether oxygens (including phenoxy) is 1. The molecule has 98 valence electrons. The summed E-state index contributed by atoms with van der Waals surface area (Å²) in [4.78, 5) is 12.5. The van der Waals surface area contributed by atoms with E-state index in [-0.39, 0.29) is 11.8 Å². The molecule has 0 amide bonds. The van der Waals surface area contributed by atoms with Crippen LogP contribution in [0.2, 0.25) is 0 Å². The van der Waals surface area contributed by atoms with Crippen molar-refractivity contribution in [3.05, 3.63) is 28.3 Å². The molecule has 3 heteroatoms. The summed E-state index contributed by atoms with van der Waals surface area (Å²) in [6, 6.07) is 1.96. The Kier molecular flexibility index (Phi) is 3.71. The number of rotatable bonds is 3. The maximum absolute atomic E-state index is 12.5. The van der Waals surface area contributed by atoms with Crippen molar-refractivity contribution in [2.24, 2.45) is 0 Å². The van der Waals surface area contributed by atoms with Crippen molar-refractivity contribution in [1.29, 1.82) is 0 Å². The van der Waals surface area contributed by atoms with E-state index in [1.54, 1.807) is 7.11 Å². The van der Waals surface area contributed by atoms with Gasteiger partial charge in [0.25, 0.3) is 0 Å². The van der Waals surface area contributed by atoms with Gasteiger partial charge in [0, 0.05) is 5.56 Å². The van der Waals surface area contributed by atoms with E-state index in [0.717, 1.165) is 47.4 Å². The summed E-state index contributed by atoms with van der Waals surface area (Å²) < 4.78 is 5.34. The zero-order valence-electron chi connectivity index (χ0n) is 11.6. The second-order valence-corrected chi connectivity index (χ2v) is 5.03. The third kappa shape index (κ3) is 2.15. The minimum atomic E-state index is -0.00445. The monoisotopic (exact) mass is 247 g/mol. The minimum absolute atomic E-state index is 0.00445. The molecule has 0 saturated carbocycles. The number of aryl methyl sites for hydroxylation is 1. The van der Waals surface area contributed by atoms with Crippen molar-refractivity contribution in [2.45, 2.75) is 39.7 Å². The molecular formula is C15H21NO2. The van der Waals surface area contributed by atoms with E-state index in [0.29, 0.717) is 0 Å². The van der Waals surface area contributed by atoms with Crippen LogP contribution in [0, 0.1) is 20.8 Å². The Balaban J connectivity index is 2.44. The molecule has 1 aromatic rings. The van der Waals surface area contributed by atoms with Gasteiger partial charge in [0.15, 0.2) is 5.78 Å². The van der Waals surface area contributed by atoms with E-state index < -0.39 is 0 Å². The van der Waals surface area contributed by atoms with E-state index in [1.807, 2.05) is 26.8 Å². The fraction of sp³-hybridized carbons (Fsp3) is 0.533. The van der Waals surface area contributed by atoms with Gasteiger partial charge in [-0.05, 0) is 62.9 Å². The zero-order chi connectivity index (χ0) is 13.3. The van der Waals surface area contributed by atoms with Crippen LogP contribution in [-0.2, 0) is 0 Å². The first-order chi connectivity index (χ1) is 8.56. The number of ketones is 1. The second kappa shape index (κ2) is 5.11. The first kappa shape index (κ1) is 13.1. The maximum atomic E-state index is 12.5. The number of hydrogen-bond acceptors (Lipinski definition) is 3. The molecule has 3 nitrogen and oxygen atoms in total. The lowest BCUT2D eigenvalue weighted by Crippen LogP contribution is -2.31. The number of carbonyl (C=O) groups is 1. The van der Waals surface area contributed by atoms with Crippen LogP contribution in [0.5, 0.6) is 5.75 Å². The van der Waals surface area contributed by atoms with Crippen molar-refractivity contribution in [3.8, 4) is 5.75 Å². The van der Waals surface area contributed by atoms with Crippen LogP contribution in [0.4, 0.5) is 0 Å². The number of Topliss-reactive ketones (excluding diaryl/α,β-unsaturated/α-hetero) is 1. The van der Waals surface area contributed by atoms with E-state index in [2.05, 4.69) is 5.32 Å². The minimum Gasteiger partial charge on any atom is -0.496 e. The number of methoxy groups -OCH3 is 1. The Morgan fingerprint density at radius 3 is 2.61 bits per heavy atom. The summed E-state index contributed by atoms with van der Waals surface area (Å²) in [7, 11) is 1.67. The Hall–Kier alpha value is -1.35. The molecule has 1 aliphatic heterocycles. The topological polar surface area (TPSA) is 38.3 Å². The standard InChI is InChI=1S/C15H21NO2/c1-9-8-13(18-4)10(2)11(3)14(9)15(17)12-6-5-7-16-12/h8,12,16H,5-7H2,1-4H3. The number of hydrogen-bond donors (Lipinski definition) is 1. The van der Waals surface area contributed by atoms with Crippen molar-refractivity contribution in [2.75, 3.05) is 13.7 Å². The van der Waals surface area contributed by atoms with Crippen LogP contribution in [0.3, 0.4) is 0 Å². The number of carbonyl (C=O) groups excluding carboxylic acids is 1. The van der Waals surface area contributed by atoms with Gasteiger partial charge in [-0.15, -0.1) is 0 Å². The summed E-state index contributed by atoms with van der Waals surface area (Å²) in [5, 5.41) is 3.28. The number of nitrogens with one attached hydrogen (secondary N) is 1. The largest absolute Gasteiger partial charge is 0.496 e. The average molecular weight is 247 g/mol. The van der Waals surface area contributed by atoms with Crippen molar-refractivity contribution >= 4 is 5.78 Å². The molecule has 1 heterocycles.